The summed E-state index contributed by atoms with van der Waals surface area (Å²) in [6.45, 7) is 0.352. The lowest BCUT2D eigenvalue weighted by molar-refractivity contribution is 0.0680. The Bertz CT molecular complexity index is 495. The van der Waals surface area contributed by atoms with E-state index in [2.05, 4.69) is 10.1 Å². The summed E-state index contributed by atoms with van der Waals surface area (Å²) in [6, 6.07) is 9.28. The average Bonchev–Trinajstić information content (AvgIpc) is 2.79. The molecule has 0 aliphatic heterocycles. The first kappa shape index (κ1) is 11.1. The summed E-state index contributed by atoms with van der Waals surface area (Å²) >= 11 is 0. The molecule has 0 atom stereocenters. The van der Waals surface area contributed by atoms with Crippen LogP contribution in [-0.2, 0) is 6.42 Å². The van der Waals surface area contributed by atoms with E-state index in [0.717, 1.165) is 5.75 Å². The third kappa shape index (κ3) is 3.04. The van der Waals surface area contributed by atoms with Gasteiger partial charge in [-0.1, -0.05) is 18.2 Å². The number of hydrogen-bond acceptors (Lipinski definition) is 5. The number of para-hydroxylation sites is 1. The minimum Gasteiger partial charge on any atom is -0.493 e. The van der Waals surface area contributed by atoms with Crippen molar-refractivity contribution in [2.24, 2.45) is 0 Å². The van der Waals surface area contributed by atoms with Gasteiger partial charge in [-0.15, -0.1) is 0 Å². The zero-order chi connectivity index (χ0) is 12.1. The Labute approximate surface area is 96.8 Å². The summed E-state index contributed by atoms with van der Waals surface area (Å²) in [5.41, 5.74) is 0. The van der Waals surface area contributed by atoms with Crippen LogP contribution in [0.4, 0.5) is 0 Å². The van der Waals surface area contributed by atoms with Crippen molar-refractivity contribution in [2.75, 3.05) is 6.61 Å². The topological polar surface area (TPSA) is 85.5 Å². The molecule has 2 aromatic rings. The lowest BCUT2D eigenvalue weighted by atomic mass is 10.3. The predicted molar refractivity (Wildman–Crippen MR) is 56.9 cm³/mol. The van der Waals surface area contributed by atoms with E-state index in [1.54, 1.807) is 0 Å². The van der Waals surface area contributed by atoms with E-state index >= 15 is 0 Å². The van der Waals surface area contributed by atoms with Crippen LogP contribution >= 0.6 is 0 Å². The number of aromatic carboxylic acids is 1. The summed E-state index contributed by atoms with van der Waals surface area (Å²) in [7, 11) is 0. The van der Waals surface area contributed by atoms with Gasteiger partial charge < -0.3 is 14.4 Å². The van der Waals surface area contributed by atoms with Crippen LogP contribution in [0.2, 0.25) is 0 Å². The zero-order valence-corrected chi connectivity index (χ0v) is 8.87. The zero-order valence-electron chi connectivity index (χ0n) is 8.87. The van der Waals surface area contributed by atoms with E-state index in [1.807, 2.05) is 30.3 Å². The molecule has 17 heavy (non-hydrogen) atoms. The molecule has 0 radical (unpaired) electrons. The molecule has 0 saturated heterocycles. The largest absolute Gasteiger partial charge is 0.493 e. The highest BCUT2D eigenvalue weighted by Gasteiger charge is 2.12. The molecule has 6 nitrogen and oxygen atoms in total. The molecule has 0 unspecified atom stereocenters. The van der Waals surface area contributed by atoms with Crippen LogP contribution in [0.5, 0.6) is 5.75 Å². The van der Waals surface area contributed by atoms with Gasteiger partial charge in [0.15, 0.2) is 0 Å². The van der Waals surface area contributed by atoms with Gasteiger partial charge in [0.1, 0.15) is 5.75 Å². The van der Waals surface area contributed by atoms with Gasteiger partial charge in [0, 0.05) is 0 Å². The Kier molecular flexibility index (Phi) is 3.34. The first-order valence-corrected chi connectivity index (χ1v) is 4.99. The molecule has 0 amide bonds. The highest BCUT2D eigenvalue weighted by molar-refractivity contribution is 5.82. The third-order valence-corrected chi connectivity index (χ3v) is 1.99. The van der Waals surface area contributed by atoms with Crippen molar-refractivity contribution in [2.45, 2.75) is 6.42 Å². The van der Waals surface area contributed by atoms with Crippen LogP contribution in [0.1, 0.15) is 16.5 Å². The SMILES string of the molecule is O=C(O)c1noc(CCOc2ccccc2)n1. The van der Waals surface area contributed by atoms with Crippen molar-refractivity contribution < 1.29 is 19.2 Å². The molecular weight excluding hydrogens is 224 g/mol. The van der Waals surface area contributed by atoms with Gasteiger partial charge in [-0.05, 0) is 17.3 Å². The van der Waals surface area contributed by atoms with Gasteiger partial charge in [0.25, 0.3) is 5.82 Å². The second-order valence-electron chi connectivity index (χ2n) is 3.23. The smallest absolute Gasteiger partial charge is 0.377 e. The molecule has 0 aliphatic rings. The molecule has 2 rings (SSSR count). The quantitative estimate of drug-likeness (QED) is 0.841. The predicted octanol–water partition coefficient (Wildman–Crippen LogP) is 1.39. The molecule has 0 spiro atoms. The van der Waals surface area contributed by atoms with Crippen LogP contribution in [0.3, 0.4) is 0 Å². The van der Waals surface area contributed by atoms with Gasteiger partial charge in [-0.25, -0.2) is 4.79 Å². The van der Waals surface area contributed by atoms with Crippen LogP contribution in [-0.4, -0.2) is 27.8 Å². The molecule has 88 valence electrons. The molecular formula is C11H10N2O4. The van der Waals surface area contributed by atoms with Gasteiger partial charge in [-0.3, -0.25) is 0 Å². The standard InChI is InChI=1S/C11H10N2O4/c14-11(15)10-12-9(17-13-10)6-7-16-8-4-2-1-3-5-8/h1-5H,6-7H2,(H,14,15). The Morgan fingerprint density at radius 1 is 1.35 bits per heavy atom. The van der Waals surface area contributed by atoms with Gasteiger partial charge in [0.05, 0.1) is 13.0 Å². The number of rotatable bonds is 5. The highest BCUT2D eigenvalue weighted by atomic mass is 16.5. The average molecular weight is 234 g/mol. The molecule has 0 aliphatic carbocycles. The van der Waals surface area contributed by atoms with E-state index in [1.165, 1.54) is 0 Å². The number of aromatic nitrogens is 2. The summed E-state index contributed by atoms with van der Waals surface area (Å²) in [6.07, 6.45) is 0.370. The Morgan fingerprint density at radius 3 is 2.76 bits per heavy atom. The van der Waals surface area contributed by atoms with Crippen molar-refractivity contribution in [1.82, 2.24) is 10.1 Å². The minimum atomic E-state index is -1.20. The molecule has 0 saturated carbocycles. The van der Waals surface area contributed by atoms with E-state index < -0.39 is 5.97 Å². The molecule has 1 aromatic heterocycles. The van der Waals surface area contributed by atoms with Crippen molar-refractivity contribution in [3.63, 3.8) is 0 Å². The number of carboxylic acids is 1. The maximum absolute atomic E-state index is 10.5. The fourth-order valence-corrected chi connectivity index (χ4v) is 1.22. The van der Waals surface area contributed by atoms with Crippen molar-refractivity contribution >= 4 is 5.97 Å². The molecule has 1 aromatic carbocycles. The van der Waals surface area contributed by atoms with Gasteiger partial charge >= 0.3 is 5.97 Å². The fraction of sp³-hybridized carbons (Fsp3) is 0.182. The number of benzene rings is 1. The minimum absolute atomic E-state index is 0.248. The second-order valence-corrected chi connectivity index (χ2v) is 3.23. The third-order valence-electron chi connectivity index (χ3n) is 1.99. The summed E-state index contributed by atoms with van der Waals surface area (Å²) < 4.78 is 10.1. The second kappa shape index (κ2) is 5.11. The Morgan fingerprint density at radius 2 is 2.12 bits per heavy atom. The number of hydrogen-bond donors (Lipinski definition) is 1. The van der Waals surface area contributed by atoms with Crippen LogP contribution in [0, 0.1) is 0 Å². The molecule has 1 heterocycles. The number of carboxylic acid groups (broad SMARTS) is 1. The normalized spacial score (nSPS) is 10.1. The van der Waals surface area contributed by atoms with E-state index in [-0.39, 0.29) is 11.7 Å². The summed E-state index contributed by atoms with van der Waals surface area (Å²) in [5.74, 6) is -0.549. The Hall–Kier alpha value is -2.37. The number of carbonyl (C=O) groups is 1. The van der Waals surface area contributed by atoms with E-state index in [4.69, 9.17) is 14.4 Å². The van der Waals surface area contributed by atoms with Crippen LogP contribution in [0.25, 0.3) is 0 Å². The molecule has 0 bridgehead atoms. The van der Waals surface area contributed by atoms with E-state index in [0.29, 0.717) is 13.0 Å². The van der Waals surface area contributed by atoms with Crippen molar-refractivity contribution in [3.05, 3.63) is 42.0 Å². The van der Waals surface area contributed by atoms with Gasteiger partial charge in [-0.2, -0.15) is 4.98 Å². The monoisotopic (exact) mass is 234 g/mol. The molecule has 6 heteroatoms. The Balaban J connectivity index is 1.84. The summed E-state index contributed by atoms with van der Waals surface area (Å²) in [4.78, 5) is 14.2. The van der Waals surface area contributed by atoms with Crippen molar-refractivity contribution in [3.8, 4) is 5.75 Å². The van der Waals surface area contributed by atoms with Crippen molar-refractivity contribution in [1.29, 1.82) is 0 Å². The highest BCUT2D eigenvalue weighted by Crippen LogP contribution is 2.08. The van der Waals surface area contributed by atoms with E-state index in [9.17, 15) is 4.79 Å². The number of nitrogens with zero attached hydrogens (tertiary/aromatic N) is 2. The lowest BCUT2D eigenvalue weighted by Crippen LogP contribution is -2.03. The summed E-state index contributed by atoms with van der Waals surface area (Å²) in [5, 5.41) is 11.9. The first-order chi connectivity index (χ1) is 8.25. The maximum Gasteiger partial charge on any atom is 0.377 e. The maximum atomic E-state index is 10.5. The lowest BCUT2D eigenvalue weighted by Gasteiger charge is -2.02. The van der Waals surface area contributed by atoms with Gasteiger partial charge in [0.2, 0.25) is 5.89 Å². The first-order valence-electron chi connectivity index (χ1n) is 4.99. The fourth-order valence-electron chi connectivity index (χ4n) is 1.22. The van der Waals surface area contributed by atoms with Crippen LogP contribution in [0.15, 0.2) is 34.9 Å². The molecule has 1 N–H and O–H groups in total. The molecule has 0 fully saturated rings. The number of ether oxygens (including phenoxy) is 1. The van der Waals surface area contributed by atoms with Crippen LogP contribution < -0.4 is 4.74 Å².